The number of non-ortho nitro benzene ring substituents is 1. The topological polar surface area (TPSA) is 199 Å². The summed E-state index contributed by atoms with van der Waals surface area (Å²) >= 11 is 0. The zero-order chi connectivity index (χ0) is 35.6. The first-order chi connectivity index (χ1) is 21.9. The molecule has 16 nitrogen and oxygen atoms in total. The van der Waals surface area contributed by atoms with Gasteiger partial charge in [0.05, 0.1) is 34.7 Å². The first kappa shape index (κ1) is 38.2. The molecule has 47 heavy (non-hydrogen) atoms. The van der Waals surface area contributed by atoms with Crippen LogP contribution in [0.2, 0.25) is 0 Å². The molecule has 1 aromatic carbocycles. The minimum Gasteiger partial charge on any atom is -0.460 e. The molecule has 2 rings (SSSR count). The van der Waals surface area contributed by atoms with E-state index in [0.29, 0.717) is 0 Å². The lowest BCUT2D eigenvalue weighted by atomic mass is 9.79. The fourth-order valence-corrected chi connectivity index (χ4v) is 4.45. The third-order valence-corrected chi connectivity index (χ3v) is 6.40. The van der Waals surface area contributed by atoms with Crippen molar-refractivity contribution in [2.75, 3.05) is 27.1 Å². The number of nitrogens with zero attached hydrogens (tertiary/aromatic N) is 2. The molecule has 2 amide bonds. The normalized spacial score (nSPS) is 15.5. The quantitative estimate of drug-likeness (QED) is 0.0833. The van der Waals surface area contributed by atoms with Crippen LogP contribution in [-0.4, -0.2) is 84.8 Å². The van der Waals surface area contributed by atoms with Crippen molar-refractivity contribution < 1.29 is 57.3 Å². The van der Waals surface area contributed by atoms with Gasteiger partial charge in [-0.3, -0.25) is 15.0 Å². The van der Waals surface area contributed by atoms with Crippen LogP contribution in [0.5, 0.6) is 0 Å². The van der Waals surface area contributed by atoms with E-state index in [1.807, 2.05) is 0 Å². The standard InChI is InChI=1S/C31H41N3O13/c1-17(2)46-28(37)24-20(5)33(30(39)45-16-44-26(35)18(3)32-29(38)47-31(6,7)8)19(4)23(27(36)43-14-13-42-9)25(24)21-11-10-12-22(15-21)34(40)41/h10-12,15,17-18,25H,13-14,16H2,1-9H3,(H,32,38)/t18-,25?/m0/s1. The second-order valence-corrected chi connectivity index (χ2v) is 11.6. The molecule has 1 heterocycles. The highest BCUT2D eigenvalue weighted by Gasteiger charge is 2.43. The molecule has 1 aromatic rings. The van der Waals surface area contributed by atoms with Crippen molar-refractivity contribution in [1.29, 1.82) is 0 Å². The average Bonchev–Trinajstić information content (AvgIpc) is 2.95. The molecule has 0 fully saturated rings. The smallest absolute Gasteiger partial charge is 0.421 e. The summed E-state index contributed by atoms with van der Waals surface area (Å²) in [6, 6.07) is 4.17. The Hall–Kier alpha value is -4.99. The number of carbonyl (C=O) groups is 5. The van der Waals surface area contributed by atoms with Gasteiger partial charge in [-0.25, -0.2) is 24.0 Å². The van der Waals surface area contributed by atoms with Gasteiger partial charge in [-0.15, -0.1) is 0 Å². The summed E-state index contributed by atoms with van der Waals surface area (Å²) in [4.78, 5) is 76.9. The number of allylic oxidation sites excluding steroid dienone is 2. The Labute approximate surface area is 272 Å². The SMILES string of the molecule is COCCOC(=O)C1=C(C)N(C(=O)OCOC(=O)[C@H](C)NC(=O)OC(C)(C)C)C(C)=C(C(=O)OC(C)C)C1c1cccc([N+](=O)[O-])c1. The Morgan fingerprint density at radius 2 is 1.57 bits per heavy atom. The Balaban J connectivity index is 2.51. The van der Waals surface area contributed by atoms with Crippen molar-refractivity contribution in [3.63, 3.8) is 0 Å². The Kier molecular flexibility index (Phi) is 13.4. The predicted molar refractivity (Wildman–Crippen MR) is 163 cm³/mol. The first-order valence-corrected chi connectivity index (χ1v) is 14.6. The number of esters is 3. The van der Waals surface area contributed by atoms with Crippen molar-refractivity contribution in [1.82, 2.24) is 10.2 Å². The number of alkyl carbamates (subject to hydrolysis) is 1. The van der Waals surface area contributed by atoms with E-state index in [1.54, 1.807) is 34.6 Å². The molecule has 2 atom stereocenters. The van der Waals surface area contributed by atoms with Gasteiger partial charge in [0.1, 0.15) is 18.2 Å². The van der Waals surface area contributed by atoms with Crippen molar-refractivity contribution in [3.05, 3.63) is 62.5 Å². The number of hydrogen-bond donors (Lipinski definition) is 1. The minimum absolute atomic E-state index is 0.0191. The van der Waals surface area contributed by atoms with Gasteiger partial charge in [0.15, 0.2) is 0 Å². The van der Waals surface area contributed by atoms with Crippen molar-refractivity contribution in [2.45, 2.75) is 79.1 Å². The molecular weight excluding hydrogens is 622 g/mol. The number of nitro benzene ring substituents is 1. The van der Waals surface area contributed by atoms with E-state index in [1.165, 1.54) is 52.1 Å². The number of nitrogens with one attached hydrogen (secondary N) is 1. The van der Waals surface area contributed by atoms with Gasteiger partial charge >= 0.3 is 30.1 Å². The van der Waals surface area contributed by atoms with Gasteiger partial charge in [-0.1, -0.05) is 12.1 Å². The van der Waals surface area contributed by atoms with Crippen LogP contribution in [-0.2, 0) is 42.8 Å². The van der Waals surface area contributed by atoms with Gasteiger partial charge in [-0.2, -0.15) is 0 Å². The summed E-state index contributed by atoms with van der Waals surface area (Å²) in [5.74, 6) is -4.05. The Morgan fingerprint density at radius 1 is 0.957 bits per heavy atom. The van der Waals surface area contributed by atoms with Crippen LogP contribution in [0.25, 0.3) is 0 Å². The van der Waals surface area contributed by atoms with E-state index in [2.05, 4.69) is 5.32 Å². The molecule has 258 valence electrons. The Bertz CT molecular complexity index is 1440. The van der Waals surface area contributed by atoms with E-state index >= 15 is 0 Å². The summed E-state index contributed by atoms with van der Waals surface area (Å²) in [6.07, 6.45) is -2.62. The monoisotopic (exact) mass is 663 g/mol. The molecule has 1 N–H and O–H groups in total. The molecule has 1 unspecified atom stereocenters. The van der Waals surface area contributed by atoms with E-state index < -0.39 is 65.5 Å². The number of benzene rings is 1. The number of carbonyl (C=O) groups excluding carboxylic acids is 5. The predicted octanol–water partition coefficient (Wildman–Crippen LogP) is 4.23. The van der Waals surface area contributed by atoms with Crippen molar-refractivity contribution in [3.8, 4) is 0 Å². The zero-order valence-corrected chi connectivity index (χ0v) is 27.9. The van der Waals surface area contributed by atoms with E-state index in [9.17, 15) is 34.1 Å². The number of amides is 2. The number of ether oxygens (including phenoxy) is 6. The van der Waals surface area contributed by atoms with Crippen LogP contribution in [0, 0.1) is 10.1 Å². The van der Waals surface area contributed by atoms with Crippen LogP contribution in [0.4, 0.5) is 15.3 Å². The summed E-state index contributed by atoms with van der Waals surface area (Å²) in [5.41, 5.74) is -1.37. The fraction of sp³-hybridized carbons (Fsp3) is 0.516. The third-order valence-electron chi connectivity index (χ3n) is 6.40. The van der Waals surface area contributed by atoms with Gasteiger partial charge in [-0.05, 0) is 61.0 Å². The molecule has 1 aliphatic heterocycles. The molecule has 0 aliphatic carbocycles. The molecule has 1 aliphatic rings. The fourth-order valence-electron chi connectivity index (χ4n) is 4.45. The summed E-state index contributed by atoms with van der Waals surface area (Å²) in [6.45, 7) is 11.2. The Morgan fingerprint density at radius 3 is 2.13 bits per heavy atom. The molecule has 0 bridgehead atoms. The molecule has 0 radical (unpaired) electrons. The van der Waals surface area contributed by atoms with Gasteiger partial charge < -0.3 is 33.7 Å². The lowest BCUT2D eigenvalue weighted by Crippen LogP contribution is -2.43. The molecule has 0 aromatic heterocycles. The summed E-state index contributed by atoms with van der Waals surface area (Å²) < 4.78 is 31.1. The van der Waals surface area contributed by atoms with Crippen molar-refractivity contribution >= 4 is 35.8 Å². The number of rotatable bonds is 12. The second kappa shape index (κ2) is 16.5. The molecule has 16 heteroatoms. The first-order valence-electron chi connectivity index (χ1n) is 14.6. The maximum atomic E-state index is 13.6. The van der Waals surface area contributed by atoms with E-state index in [0.717, 1.165) is 4.90 Å². The maximum Gasteiger partial charge on any atom is 0.421 e. The zero-order valence-electron chi connectivity index (χ0n) is 27.9. The highest BCUT2D eigenvalue weighted by atomic mass is 16.7. The van der Waals surface area contributed by atoms with Crippen LogP contribution < -0.4 is 5.32 Å². The summed E-state index contributed by atoms with van der Waals surface area (Å²) in [5, 5.41) is 13.9. The second-order valence-electron chi connectivity index (χ2n) is 11.6. The minimum atomic E-state index is -1.25. The number of hydrogen-bond acceptors (Lipinski definition) is 13. The van der Waals surface area contributed by atoms with Crippen LogP contribution >= 0.6 is 0 Å². The molecular formula is C31H41N3O13. The lowest BCUT2D eigenvalue weighted by Gasteiger charge is -2.36. The lowest BCUT2D eigenvalue weighted by molar-refractivity contribution is -0.384. The van der Waals surface area contributed by atoms with Crippen LogP contribution in [0.1, 0.15) is 66.9 Å². The third kappa shape index (κ3) is 10.5. The largest absolute Gasteiger partial charge is 0.460 e. The average molecular weight is 664 g/mol. The van der Waals surface area contributed by atoms with Gasteiger partial charge in [0, 0.05) is 30.6 Å². The molecule has 0 spiro atoms. The van der Waals surface area contributed by atoms with Crippen molar-refractivity contribution in [2.24, 2.45) is 0 Å². The maximum absolute atomic E-state index is 13.6. The van der Waals surface area contributed by atoms with Gasteiger partial charge in [0.2, 0.25) is 6.79 Å². The van der Waals surface area contributed by atoms with E-state index in [4.69, 9.17) is 28.4 Å². The van der Waals surface area contributed by atoms with Crippen LogP contribution in [0.15, 0.2) is 46.8 Å². The van der Waals surface area contributed by atoms with Crippen LogP contribution in [0.3, 0.4) is 0 Å². The van der Waals surface area contributed by atoms with E-state index in [-0.39, 0.29) is 47.0 Å². The number of nitro groups is 1. The highest BCUT2D eigenvalue weighted by molar-refractivity contribution is 6.01. The molecule has 0 saturated carbocycles. The number of methoxy groups -OCH3 is 1. The summed E-state index contributed by atoms with van der Waals surface area (Å²) in [7, 11) is 1.40. The highest BCUT2D eigenvalue weighted by Crippen LogP contribution is 2.44. The van der Waals surface area contributed by atoms with Gasteiger partial charge in [0.25, 0.3) is 5.69 Å². The molecule has 0 saturated heterocycles.